The molecule has 25 heavy (non-hydrogen) atoms. The van der Waals surface area contributed by atoms with Gasteiger partial charge in [0.05, 0.1) is 4.90 Å². The van der Waals surface area contributed by atoms with E-state index in [0.29, 0.717) is 24.2 Å². The van der Waals surface area contributed by atoms with Crippen LogP contribution in [0.15, 0.2) is 65.6 Å². The zero-order valence-electron chi connectivity index (χ0n) is 13.3. The zero-order valence-corrected chi connectivity index (χ0v) is 14.1. The molecular weight excluding hydrogens is 336 g/mol. The molecule has 0 atom stereocenters. The topological polar surface area (TPSA) is 75.3 Å². The van der Waals surface area contributed by atoms with E-state index >= 15 is 0 Å². The van der Waals surface area contributed by atoms with Crippen LogP contribution in [0.3, 0.4) is 0 Å². The van der Waals surface area contributed by atoms with Gasteiger partial charge in [0.2, 0.25) is 5.91 Å². The number of amides is 1. The van der Waals surface area contributed by atoms with E-state index in [2.05, 4.69) is 10.0 Å². The van der Waals surface area contributed by atoms with Crippen molar-refractivity contribution in [2.75, 3.05) is 10.0 Å². The molecule has 0 aromatic heterocycles. The van der Waals surface area contributed by atoms with E-state index in [-0.39, 0.29) is 10.8 Å². The Morgan fingerprint density at radius 3 is 2.52 bits per heavy atom. The quantitative estimate of drug-likeness (QED) is 0.757. The molecule has 0 aliphatic carbocycles. The van der Waals surface area contributed by atoms with E-state index in [1.807, 2.05) is 36.4 Å². The van der Waals surface area contributed by atoms with Crippen molar-refractivity contribution in [2.45, 2.75) is 17.7 Å². The Kier molecular flexibility index (Phi) is 3.69. The minimum atomic E-state index is -3.69. The van der Waals surface area contributed by atoms with E-state index in [4.69, 9.17) is 0 Å². The third kappa shape index (κ3) is 3.08. The predicted molar refractivity (Wildman–Crippen MR) is 98.1 cm³/mol. The molecule has 6 heteroatoms. The van der Waals surface area contributed by atoms with Crippen LogP contribution in [0.25, 0.3) is 10.8 Å². The van der Waals surface area contributed by atoms with Gasteiger partial charge >= 0.3 is 0 Å². The van der Waals surface area contributed by atoms with Gasteiger partial charge in [-0.25, -0.2) is 8.42 Å². The highest BCUT2D eigenvalue weighted by Crippen LogP contribution is 2.27. The van der Waals surface area contributed by atoms with Gasteiger partial charge in [0.15, 0.2) is 0 Å². The van der Waals surface area contributed by atoms with Crippen molar-refractivity contribution in [1.82, 2.24) is 0 Å². The molecule has 1 aliphatic heterocycles. The first-order valence-electron chi connectivity index (χ1n) is 7.96. The van der Waals surface area contributed by atoms with Crippen molar-refractivity contribution in [2.24, 2.45) is 0 Å². The van der Waals surface area contributed by atoms with E-state index in [9.17, 15) is 13.2 Å². The first-order valence-corrected chi connectivity index (χ1v) is 9.44. The van der Waals surface area contributed by atoms with Crippen LogP contribution in [0.1, 0.15) is 12.0 Å². The van der Waals surface area contributed by atoms with Gasteiger partial charge in [0.25, 0.3) is 10.0 Å². The normalized spacial score (nSPS) is 14.0. The Balaban J connectivity index is 1.66. The Hall–Kier alpha value is -2.86. The predicted octanol–water partition coefficient (Wildman–Crippen LogP) is 3.53. The Morgan fingerprint density at radius 2 is 1.68 bits per heavy atom. The lowest BCUT2D eigenvalue weighted by molar-refractivity contribution is -0.116. The highest BCUT2D eigenvalue weighted by Gasteiger charge is 2.20. The van der Waals surface area contributed by atoms with E-state index in [0.717, 1.165) is 16.3 Å². The minimum Gasteiger partial charge on any atom is -0.326 e. The first kappa shape index (κ1) is 15.7. The highest BCUT2D eigenvalue weighted by molar-refractivity contribution is 7.92. The van der Waals surface area contributed by atoms with Gasteiger partial charge in [0, 0.05) is 17.8 Å². The second kappa shape index (κ2) is 5.89. The van der Waals surface area contributed by atoms with Gasteiger partial charge in [-0.05, 0) is 53.1 Å². The van der Waals surface area contributed by atoms with Gasteiger partial charge in [-0.15, -0.1) is 0 Å². The summed E-state index contributed by atoms with van der Waals surface area (Å²) in [6, 6.07) is 18.0. The van der Waals surface area contributed by atoms with Crippen molar-refractivity contribution >= 4 is 38.1 Å². The highest BCUT2D eigenvalue weighted by atomic mass is 32.2. The number of sulfonamides is 1. The number of fused-ring (bicyclic) bond motifs is 2. The average molecular weight is 352 g/mol. The van der Waals surface area contributed by atoms with Gasteiger partial charge in [0.1, 0.15) is 0 Å². The van der Waals surface area contributed by atoms with Crippen molar-refractivity contribution in [3.05, 3.63) is 66.2 Å². The number of rotatable bonds is 3. The van der Waals surface area contributed by atoms with Gasteiger partial charge < -0.3 is 5.32 Å². The summed E-state index contributed by atoms with van der Waals surface area (Å²) in [7, 11) is -3.69. The number of carbonyl (C=O) groups is 1. The van der Waals surface area contributed by atoms with Crippen LogP contribution >= 0.6 is 0 Å². The molecule has 0 fully saturated rings. The third-order valence-electron chi connectivity index (χ3n) is 4.28. The molecule has 3 aromatic carbocycles. The Labute approximate surface area is 145 Å². The monoisotopic (exact) mass is 352 g/mol. The molecule has 2 N–H and O–H groups in total. The first-order chi connectivity index (χ1) is 12.0. The van der Waals surface area contributed by atoms with Crippen molar-refractivity contribution in [3.8, 4) is 0 Å². The molecule has 126 valence electrons. The van der Waals surface area contributed by atoms with Gasteiger partial charge in [-0.3, -0.25) is 9.52 Å². The Morgan fingerprint density at radius 1 is 0.880 bits per heavy atom. The molecule has 4 rings (SSSR count). The average Bonchev–Trinajstić information content (AvgIpc) is 2.60. The van der Waals surface area contributed by atoms with Crippen LogP contribution < -0.4 is 10.0 Å². The molecule has 1 amide bonds. The molecule has 0 radical (unpaired) electrons. The van der Waals surface area contributed by atoms with Crippen LogP contribution in [0.2, 0.25) is 0 Å². The SMILES string of the molecule is O=C1CCc2cc(S(=O)(=O)Nc3ccc4ccccc4c3)ccc2N1. The maximum absolute atomic E-state index is 12.7. The lowest BCUT2D eigenvalue weighted by Gasteiger charge is -2.18. The fourth-order valence-electron chi connectivity index (χ4n) is 2.99. The number of anilines is 2. The summed E-state index contributed by atoms with van der Waals surface area (Å²) in [5, 5.41) is 4.77. The Bertz CT molecular complexity index is 1090. The molecule has 0 spiro atoms. The lowest BCUT2D eigenvalue weighted by atomic mass is 10.0. The van der Waals surface area contributed by atoms with Crippen molar-refractivity contribution in [3.63, 3.8) is 0 Å². The fourth-order valence-corrected chi connectivity index (χ4v) is 4.09. The van der Waals surface area contributed by atoms with E-state index < -0.39 is 10.0 Å². The largest absolute Gasteiger partial charge is 0.326 e. The summed E-state index contributed by atoms with van der Waals surface area (Å²) in [4.78, 5) is 11.6. The standard InChI is InChI=1S/C19H16N2O3S/c22-19-10-6-15-12-17(8-9-18(15)20-19)25(23,24)21-16-7-5-13-3-1-2-4-14(13)11-16/h1-5,7-9,11-12,21H,6,10H2,(H,20,22). The van der Waals surface area contributed by atoms with Crippen LogP contribution in [0, 0.1) is 0 Å². The minimum absolute atomic E-state index is 0.0441. The van der Waals surface area contributed by atoms with Crippen LogP contribution in [-0.4, -0.2) is 14.3 Å². The number of aryl methyl sites for hydroxylation is 1. The number of nitrogens with one attached hydrogen (secondary N) is 2. The van der Waals surface area contributed by atoms with Gasteiger partial charge in [-0.2, -0.15) is 0 Å². The summed E-state index contributed by atoms with van der Waals surface area (Å²) < 4.78 is 28.0. The van der Waals surface area contributed by atoms with Crippen LogP contribution in [-0.2, 0) is 21.2 Å². The van der Waals surface area contributed by atoms with Crippen molar-refractivity contribution < 1.29 is 13.2 Å². The van der Waals surface area contributed by atoms with E-state index in [1.165, 1.54) is 6.07 Å². The molecule has 0 unspecified atom stereocenters. The molecule has 0 saturated heterocycles. The molecule has 1 heterocycles. The molecular formula is C19H16N2O3S. The summed E-state index contributed by atoms with van der Waals surface area (Å²) in [5.41, 5.74) is 2.03. The molecule has 3 aromatic rings. The summed E-state index contributed by atoms with van der Waals surface area (Å²) >= 11 is 0. The maximum atomic E-state index is 12.7. The van der Waals surface area contributed by atoms with Crippen molar-refractivity contribution in [1.29, 1.82) is 0 Å². The fraction of sp³-hybridized carbons (Fsp3) is 0.105. The number of carbonyl (C=O) groups excluding carboxylic acids is 1. The van der Waals surface area contributed by atoms with E-state index in [1.54, 1.807) is 18.2 Å². The van der Waals surface area contributed by atoms with Crippen LogP contribution in [0.4, 0.5) is 11.4 Å². The third-order valence-corrected chi connectivity index (χ3v) is 5.66. The summed E-state index contributed by atoms with van der Waals surface area (Å²) in [6.45, 7) is 0. The zero-order chi connectivity index (χ0) is 17.4. The van der Waals surface area contributed by atoms with Crippen LogP contribution in [0.5, 0.6) is 0 Å². The second-order valence-corrected chi connectivity index (χ2v) is 7.72. The lowest BCUT2D eigenvalue weighted by Crippen LogP contribution is -2.20. The molecule has 1 aliphatic rings. The maximum Gasteiger partial charge on any atom is 0.261 e. The number of benzene rings is 3. The molecule has 0 bridgehead atoms. The number of hydrogen-bond donors (Lipinski definition) is 2. The summed E-state index contributed by atoms with van der Waals surface area (Å²) in [6.07, 6.45) is 0.912. The van der Waals surface area contributed by atoms with Gasteiger partial charge in [-0.1, -0.05) is 30.3 Å². The molecule has 5 nitrogen and oxygen atoms in total. The smallest absolute Gasteiger partial charge is 0.261 e. The molecule has 0 saturated carbocycles. The number of hydrogen-bond acceptors (Lipinski definition) is 3. The summed E-state index contributed by atoms with van der Waals surface area (Å²) in [5.74, 6) is -0.0441. The second-order valence-electron chi connectivity index (χ2n) is 6.03.